The Morgan fingerprint density at radius 2 is 1.81 bits per heavy atom. The molecule has 0 aromatic heterocycles. The summed E-state index contributed by atoms with van der Waals surface area (Å²) in [5.74, 6) is 0.798. The topological polar surface area (TPSA) is 84.5 Å². The summed E-state index contributed by atoms with van der Waals surface area (Å²) in [7, 11) is -2.09. The summed E-state index contributed by atoms with van der Waals surface area (Å²) >= 11 is 0. The van der Waals surface area contributed by atoms with Crippen LogP contribution in [0, 0.1) is 5.92 Å². The van der Waals surface area contributed by atoms with E-state index in [2.05, 4.69) is 10.0 Å². The smallest absolute Gasteiger partial charge is 0.251 e. The van der Waals surface area contributed by atoms with Gasteiger partial charge in [-0.05, 0) is 48.2 Å². The molecule has 0 saturated carbocycles. The highest BCUT2D eigenvalue weighted by Crippen LogP contribution is 2.13. The maximum Gasteiger partial charge on any atom is 0.251 e. The molecule has 7 heteroatoms. The van der Waals surface area contributed by atoms with Gasteiger partial charge in [0.25, 0.3) is 5.91 Å². The molecular weight excluding hydrogens is 364 g/mol. The zero-order valence-electron chi connectivity index (χ0n) is 15.9. The third-order valence-electron chi connectivity index (χ3n) is 3.94. The first kappa shape index (κ1) is 20.9. The highest BCUT2D eigenvalue weighted by atomic mass is 32.2. The number of methoxy groups -OCH3 is 1. The van der Waals surface area contributed by atoms with E-state index in [0.29, 0.717) is 24.4 Å². The third-order valence-corrected chi connectivity index (χ3v) is 5.40. The van der Waals surface area contributed by atoms with Crippen LogP contribution in [0.15, 0.2) is 53.4 Å². The van der Waals surface area contributed by atoms with Gasteiger partial charge in [0.1, 0.15) is 5.75 Å². The van der Waals surface area contributed by atoms with Crippen LogP contribution in [0.5, 0.6) is 5.75 Å². The van der Waals surface area contributed by atoms with Gasteiger partial charge in [-0.2, -0.15) is 0 Å². The standard InChI is InChI=1S/C20H26N2O4S/c1-15(2)14-21-20(23)17-5-4-6-19(13-17)27(24,25)22-12-11-16-7-9-18(26-3)10-8-16/h4-10,13,15,22H,11-12,14H2,1-3H3,(H,21,23). The van der Waals surface area contributed by atoms with Gasteiger partial charge in [0, 0.05) is 18.7 Å². The predicted molar refractivity (Wildman–Crippen MR) is 105 cm³/mol. The number of carbonyl (C=O) groups excluding carboxylic acids is 1. The molecule has 1 amide bonds. The fourth-order valence-electron chi connectivity index (χ4n) is 2.41. The maximum absolute atomic E-state index is 12.5. The number of benzene rings is 2. The average molecular weight is 391 g/mol. The normalized spacial score (nSPS) is 11.4. The van der Waals surface area contributed by atoms with E-state index < -0.39 is 10.0 Å². The van der Waals surface area contributed by atoms with E-state index in [4.69, 9.17) is 4.74 Å². The Balaban J connectivity index is 1.98. The minimum atomic E-state index is -3.69. The summed E-state index contributed by atoms with van der Waals surface area (Å²) in [4.78, 5) is 12.2. The summed E-state index contributed by atoms with van der Waals surface area (Å²) in [5, 5.41) is 2.79. The molecule has 2 aromatic rings. The molecule has 6 nitrogen and oxygen atoms in total. The van der Waals surface area contributed by atoms with Crippen molar-refractivity contribution >= 4 is 15.9 Å². The van der Waals surface area contributed by atoms with Gasteiger partial charge < -0.3 is 10.1 Å². The van der Waals surface area contributed by atoms with Gasteiger partial charge in [-0.25, -0.2) is 13.1 Å². The molecule has 2 aromatic carbocycles. The number of hydrogen-bond donors (Lipinski definition) is 2. The molecule has 2 rings (SSSR count). The molecule has 0 aliphatic carbocycles. The van der Waals surface area contributed by atoms with Crippen molar-refractivity contribution in [3.8, 4) is 5.75 Å². The van der Waals surface area contributed by atoms with Gasteiger partial charge in [0.15, 0.2) is 0 Å². The Morgan fingerprint density at radius 3 is 2.44 bits per heavy atom. The summed E-state index contributed by atoms with van der Waals surface area (Å²) in [6.07, 6.45) is 0.553. The van der Waals surface area contributed by atoms with E-state index in [1.54, 1.807) is 19.2 Å². The molecule has 0 aliphatic heterocycles. The number of rotatable bonds is 9. The lowest BCUT2D eigenvalue weighted by Gasteiger charge is -2.10. The van der Waals surface area contributed by atoms with E-state index >= 15 is 0 Å². The first-order valence-corrected chi connectivity index (χ1v) is 10.3. The average Bonchev–Trinajstić information content (AvgIpc) is 2.66. The lowest BCUT2D eigenvalue weighted by atomic mass is 10.1. The molecule has 0 atom stereocenters. The fraction of sp³-hybridized carbons (Fsp3) is 0.350. The molecule has 0 fully saturated rings. The van der Waals surface area contributed by atoms with Crippen LogP contribution in [0.3, 0.4) is 0 Å². The van der Waals surface area contributed by atoms with Crippen LogP contribution in [0.2, 0.25) is 0 Å². The monoisotopic (exact) mass is 390 g/mol. The van der Waals surface area contributed by atoms with E-state index in [-0.39, 0.29) is 17.3 Å². The molecule has 2 N–H and O–H groups in total. The van der Waals surface area contributed by atoms with Gasteiger partial charge in [-0.1, -0.05) is 32.0 Å². The second kappa shape index (κ2) is 9.53. The molecular formula is C20H26N2O4S. The molecule has 0 saturated heterocycles. The number of amides is 1. The number of hydrogen-bond acceptors (Lipinski definition) is 4. The summed E-state index contributed by atoms with van der Waals surface area (Å²) in [6, 6.07) is 13.5. The number of carbonyl (C=O) groups is 1. The lowest BCUT2D eigenvalue weighted by Crippen LogP contribution is -2.28. The van der Waals surface area contributed by atoms with Crippen LogP contribution in [-0.2, 0) is 16.4 Å². The molecule has 27 heavy (non-hydrogen) atoms. The highest BCUT2D eigenvalue weighted by Gasteiger charge is 2.16. The van der Waals surface area contributed by atoms with Crippen molar-refractivity contribution in [2.24, 2.45) is 5.92 Å². The number of ether oxygens (including phenoxy) is 1. The second-order valence-electron chi connectivity index (χ2n) is 6.63. The van der Waals surface area contributed by atoms with Gasteiger partial charge in [0.05, 0.1) is 12.0 Å². The second-order valence-corrected chi connectivity index (χ2v) is 8.39. The Labute approximate surface area is 161 Å². The van der Waals surface area contributed by atoms with Crippen molar-refractivity contribution in [1.29, 1.82) is 0 Å². The largest absolute Gasteiger partial charge is 0.497 e. The van der Waals surface area contributed by atoms with Crippen LogP contribution in [0.25, 0.3) is 0 Å². The van der Waals surface area contributed by atoms with Gasteiger partial charge in [0.2, 0.25) is 10.0 Å². The Morgan fingerprint density at radius 1 is 1.11 bits per heavy atom. The van der Waals surface area contributed by atoms with E-state index in [9.17, 15) is 13.2 Å². The lowest BCUT2D eigenvalue weighted by molar-refractivity contribution is 0.0949. The van der Waals surface area contributed by atoms with Gasteiger partial charge in [-0.15, -0.1) is 0 Å². The first-order chi connectivity index (χ1) is 12.8. The summed E-state index contributed by atoms with van der Waals surface area (Å²) in [5.41, 5.74) is 1.33. The molecule has 0 aliphatic rings. The fourth-order valence-corrected chi connectivity index (χ4v) is 3.49. The van der Waals surface area contributed by atoms with Crippen molar-refractivity contribution in [1.82, 2.24) is 10.0 Å². The van der Waals surface area contributed by atoms with Crippen LogP contribution >= 0.6 is 0 Å². The number of sulfonamides is 1. The first-order valence-electron chi connectivity index (χ1n) is 8.82. The molecule has 0 radical (unpaired) electrons. The van der Waals surface area contributed by atoms with Crippen molar-refractivity contribution < 1.29 is 17.9 Å². The Bertz CT molecular complexity index is 862. The van der Waals surface area contributed by atoms with Crippen LogP contribution in [0.4, 0.5) is 0 Å². The minimum absolute atomic E-state index is 0.0782. The number of nitrogens with one attached hydrogen (secondary N) is 2. The minimum Gasteiger partial charge on any atom is -0.497 e. The molecule has 0 bridgehead atoms. The van der Waals surface area contributed by atoms with E-state index in [1.807, 2.05) is 38.1 Å². The van der Waals surface area contributed by atoms with Crippen LogP contribution in [0.1, 0.15) is 29.8 Å². The van der Waals surface area contributed by atoms with Crippen molar-refractivity contribution in [2.45, 2.75) is 25.2 Å². The van der Waals surface area contributed by atoms with Gasteiger partial charge in [-0.3, -0.25) is 4.79 Å². The quantitative estimate of drug-likeness (QED) is 0.689. The summed E-state index contributed by atoms with van der Waals surface area (Å²) < 4.78 is 32.7. The zero-order valence-corrected chi connectivity index (χ0v) is 16.7. The van der Waals surface area contributed by atoms with E-state index in [1.165, 1.54) is 12.1 Å². The Hall–Kier alpha value is -2.38. The maximum atomic E-state index is 12.5. The highest BCUT2D eigenvalue weighted by molar-refractivity contribution is 7.89. The molecule has 0 spiro atoms. The summed E-state index contributed by atoms with van der Waals surface area (Å²) in [6.45, 7) is 4.79. The molecule has 0 unspecified atom stereocenters. The molecule has 146 valence electrons. The third kappa shape index (κ3) is 6.37. The Kier molecular flexibility index (Phi) is 7.38. The van der Waals surface area contributed by atoms with E-state index in [0.717, 1.165) is 11.3 Å². The molecule has 0 heterocycles. The van der Waals surface area contributed by atoms with Gasteiger partial charge >= 0.3 is 0 Å². The van der Waals surface area contributed by atoms with Crippen LogP contribution in [-0.4, -0.2) is 34.5 Å². The van der Waals surface area contributed by atoms with Crippen LogP contribution < -0.4 is 14.8 Å². The predicted octanol–water partition coefficient (Wildman–Crippen LogP) is 2.60. The van der Waals surface area contributed by atoms with Crippen molar-refractivity contribution in [3.63, 3.8) is 0 Å². The SMILES string of the molecule is COc1ccc(CCNS(=O)(=O)c2cccc(C(=O)NCC(C)C)c2)cc1. The van der Waals surface area contributed by atoms with Crippen molar-refractivity contribution in [2.75, 3.05) is 20.2 Å². The van der Waals surface area contributed by atoms with Crippen molar-refractivity contribution in [3.05, 3.63) is 59.7 Å². The zero-order chi connectivity index (χ0) is 19.9.